The lowest BCUT2D eigenvalue weighted by molar-refractivity contribution is 0.262. The van der Waals surface area contributed by atoms with Crippen LogP contribution in [0, 0.1) is 0 Å². The number of carbonyl (C=O) groups excluding carboxylic acids is 1. The Hall–Kier alpha value is -0.550. The zero-order valence-electron chi connectivity index (χ0n) is 8.22. The standard InChI is InChI=1S/C10H11Br2NO2/c1-15-9-3-2-7(6-8(9)11)4-5-13-10(12)14/h2-3,6H,4-5H2,1H3,(H,13,14). The number of benzene rings is 1. The number of hydrogen-bond acceptors (Lipinski definition) is 2. The van der Waals surface area contributed by atoms with Gasteiger partial charge in [-0.2, -0.15) is 0 Å². The van der Waals surface area contributed by atoms with Crippen LogP contribution in [0.4, 0.5) is 4.79 Å². The number of rotatable bonds is 4. The van der Waals surface area contributed by atoms with E-state index >= 15 is 0 Å². The second-order valence-corrected chi connectivity index (χ2v) is 4.49. The number of halogens is 2. The fourth-order valence-corrected chi connectivity index (χ4v) is 1.96. The minimum atomic E-state index is -0.185. The van der Waals surface area contributed by atoms with Gasteiger partial charge >= 0.3 is 0 Å². The third-order valence-corrected chi connectivity index (χ3v) is 2.79. The van der Waals surface area contributed by atoms with E-state index < -0.39 is 0 Å². The Labute approximate surface area is 105 Å². The zero-order valence-corrected chi connectivity index (χ0v) is 11.4. The number of amides is 1. The van der Waals surface area contributed by atoms with Gasteiger partial charge in [-0.15, -0.1) is 0 Å². The molecule has 0 aliphatic heterocycles. The first-order valence-corrected chi connectivity index (χ1v) is 5.98. The lowest BCUT2D eigenvalue weighted by Crippen LogP contribution is -2.18. The molecule has 1 amide bonds. The first-order chi connectivity index (χ1) is 7.13. The van der Waals surface area contributed by atoms with Gasteiger partial charge in [0.15, 0.2) is 0 Å². The van der Waals surface area contributed by atoms with Crippen LogP contribution in [0.5, 0.6) is 5.75 Å². The van der Waals surface area contributed by atoms with Crippen LogP contribution in [0.3, 0.4) is 0 Å². The van der Waals surface area contributed by atoms with Crippen molar-refractivity contribution in [2.75, 3.05) is 13.7 Å². The number of methoxy groups -OCH3 is 1. The normalized spacial score (nSPS) is 9.80. The van der Waals surface area contributed by atoms with Gasteiger partial charge in [-0.05, 0) is 40.0 Å². The highest BCUT2D eigenvalue weighted by Gasteiger charge is 2.01. The van der Waals surface area contributed by atoms with Gasteiger partial charge < -0.3 is 10.1 Å². The molecule has 82 valence electrons. The molecule has 0 aliphatic rings. The highest BCUT2D eigenvalue weighted by atomic mass is 79.9. The Balaban J connectivity index is 2.55. The molecule has 0 aliphatic carbocycles. The summed E-state index contributed by atoms with van der Waals surface area (Å²) >= 11 is 6.21. The maximum absolute atomic E-state index is 10.6. The number of ether oxygens (including phenoxy) is 1. The van der Waals surface area contributed by atoms with Gasteiger partial charge in [0.2, 0.25) is 0 Å². The molecular formula is C10H11Br2NO2. The Morgan fingerprint density at radius 2 is 2.27 bits per heavy atom. The molecule has 1 rings (SSSR count). The second kappa shape index (κ2) is 6.12. The van der Waals surface area contributed by atoms with Crippen LogP contribution in [-0.4, -0.2) is 18.5 Å². The van der Waals surface area contributed by atoms with Gasteiger partial charge in [-0.25, -0.2) is 0 Å². The molecule has 0 atom stereocenters. The SMILES string of the molecule is COc1ccc(CCNC(=O)Br)cc1Br. The molecule has 0 heterocycles. The Bertz CT molecular complexity index is 355. The number of carbonyl (C=O) groups is 1. The van der Waals surface area contributed by atoms with E-state index in [1.807, 2.05) is 18.2 Å². The molecular weight excluding hydrogens is 326 g/mol. The summed E-state index contributed by atoms with van der Waals surface area (Å²) in [4.78, 5) is 10.4. The van der Waals surface area contributed by atoms with E-state index in [1.54, 1.807) is 7.11 Å². The van der Waals surface area contributed by atoms with Gasteiger partial charge in [-0.1, -0.05) is 6.07 Å². The average Bonchev–Trinajstić information content (AvgIpc) is 2.17. The van der Waals surface area contributed by atoms with Crippen molar-refractivity contribution < 1.29 is 9.53 Å². The molecule has 0 radical (unpaired) electrons. The molecule has 0 fully saturated rings. The smallest absolute Gasteiger partial charge is 0.287 e. The van der Waals surface area contributed by atoms with E-state index in [0.717, 1.165) is 22.2 Å². The first-order valence-electron chi connectivity index (χ1n) is 4.39. The summed E-state index contributed by atoms with van der Waals surface area (Å²) in [7, 11) is 1.63. The molecule has 0 unspecified atom stereocenters. The predicted molar refractivity (Wildman–Crippen MR) is 66.7 cm³/mol. The van der Waals surface area contributed by atoms with Crippen molar-refractivity contribution in [2.24, 2.45) is 0 Å². The molecule has 3 nitrogen and oxygen atoms in total. The molecule has 15 heavy (non-hydrogen) atoms. The average molecular weight is 337 g/mol. The number of nitrogens with one attached hydrogen (secondary N) is 1. The van der Waals surface area contributed by atoms with E-state index in [4.69, 9.17) is 4.74 Å². The van der Waals surface area contributed by atoms with Crippen molar-refractivity contribution >= 4 is 36.7 Å². The third-order valence-electron chi connectivity index (χ3n) is 1.89. The van der Waals surface area contributed by atoms with Gasteiger partial charge in [0.05, 0.1) is 11.6 Å². The molecule has 5 heteroatoms. The minimum absolute atomic E-state index is 0.185. The topological polar surface area (TPSA) is 38.3 Å². The minimum Gasteiger partial charge on any atom is -0.496 e. The molecule has 0 spiro atoms. The highest BCUT2D eigenvalue weighted by Crippen LogP contribution is 2.25. The van der Waals surface area contributed by atoms with Gasteiger partial charge in [0.25, 0.3) is 4.82 Å². The van der Waals surface area contributed by atoms with Crippen LogP contribution in [0.25, 0.3) is 0 Å². The molecule has 0 saturated carbocycles. The predicted octanol–water partition coefficient (Wildman–Crippen LogP) is 3.10. The van der Waals surface area contributed by atoms with Gasteiger partial charge in [-0.3, -0.25) is 4.79 Å². The quantitative estimate of drug-likeness (QED) is 0.677. The maximum Gasteiger partial charge on any atom is 0.287 e. The molecule has 1 aromatic carbocycles. The summed E-state index contributed by atoms with van der Waals surface area (Å²) in [6.45, 7) is 0.614. The summed E-state index contributed by atoms with van der Waals surface area (Å²) in [6, 6.07) is 5.86. The van der Waals surface area contributed by atoms with Gasteiger partial charge in [0, 0.05) is 22.5 Å². The second-order valence-electron chi connectivity index (χ2n) is 2.92. The van der Waals surface area contributed by atoms with E-state index in [2.05, 4.69) is 37.2 Å². The molecule has 0 bridgehead atoms. The van der Waals surface area contributed by atoms with Crippen molar-refractivity contribution in [1.82, 2.24) is 5.32 Å². The monoisotopic (exact) mass is 335 g/mol. The van der Waals surface area contributed by atoms with Crippen molar-refractivity contribution in [3.8, 4) is 5.75 Å². The van der Waals surface area contributed by atoms with Crippen LogP contribution < -0.4 is 10.1 Å². The Kier molecular flexibility index (Phi) is 5.11. The van der Waals surface area contributed by atoms with E-state index in [1.165, 1.54) is 0 Å². The van der Waals surface area contributed by atoms with E-state index in [0.29, 0.717) is 6.54 Å². The Morgan fingerprint density at radius 1 is 1.53 bits per heavy atom. The molecule has 0 saturated heterocycles. The maximum atomic E-state index is 10.6. The van der Waals surface area contributed by atoms with Crippen LogP contribution in [0.1, 0.15) is 5.56 Å². The Morgan fingerprint density at radius 3 is 2.80 bits per heavy atom. The lowest BCUT2D eigenvalue weighted by atomic mass is 10.1. The van der Waals surface area contributed by atoms with E-state index in [9.17, 15) is 4.79 Å². The van der Waals surface area contributed by atoms with Crippen molar-refractivity contribution in [3.05, 3.63) is 28.2 Å². The fourth-order valence-electron chi connectivity index (χ4n) is 1.17. The molecule has 0 aromatic heterocycles. The summed E-state index contributed by atoms with van der Waals surface area (Å²) in [6.07, 6.45) is 0.792. The van der Waals surface area contributed by atoms with E-state index in [-0.39, 0.29) is 4.82 Å². The van der Waals surface area contributed by atoms with Crippen molar-refractivity contribution in [1.29, 1.82) is 0 Å². The largest absolute Gasteiger partial charge is 0.496 e. The van der Waals surface area contributed by atoms with Crippen LogP contribution in [0.15, 0.2) is 22.7 Å². The van der Waals surface area contributed by atoms with Gasteiger partial charge in [0.1, 0.15) is 5.75 Å². The van der Waals surface area contributed by atoms with Crippen LogP contribution >= 0.6 is 31.9 Å². The summed E-state index contributed by atoms with van der Waals surface area (Å²) in [5.41, 5.74) is 1.14. The first kappa shape index (κ1) is 12.5. The summed E-state index contributed by atoms with van der Waals surface area (Å²) in [5.74, 6) is 0.809. The zero-order chi connectivity index (χ0) is 11.3. The molecule has 1 N–H and O–H groups in total. The van der Waals surface area contributed by atoms with Crippen LogP contribution in [0.2, 0.25) is 0 Å². The van der Waals surface area contributed by atoms with Crippen molar-refractivity contribution in [2.45, 2.75) is 6.42 Å². The van der Waals surface area contributed by atoms with Crippen LogP contribution in [-0.2, 0) is 6.42 Å². The molecule has 1 aromatic rings. The summed E-state index contributed by atoms with van der Waals surface area (Å²) < 4.78 is 6.04. The third kappa shape index (κ3) is 4.22. The highest BCUT2D eigenvalue weighted by molar-refractivity contribution is 9.18. The summed E-state index contributed by atoms with van der Waals surface area (Å²) in [5, 5.41) is 2.67. The van der Waals surface area contributed by atoms with Crippen molar-refractivity contribution in [3.63, 3.8) is 0 Å². The number of hydrogen-bond donors (Lipinski definition) is 1. The fraction of sp³-hybridized carbons (Fsp3) is 0.300. The lowest BCUT2D eigenvalue weighted by Gasteiger charge is -2.06.